The third-order valence-corrected chi connectivity index (χ3v) is 5.53. The van der Waals surface area contributed by atoms with Gasteiger partial charge in [0.2, 0.25) is 0 Å². The monoisotopic (exact) mass is 286 g/mol. The van der Waals surface area contributed by atoms with Gasteiger partial charge in [0, 0.05) is 24.3 Å². The van der Waals surface area contributed by atoms with Crippen LogP contribution in [-0.2, 0) is 6.42 Å². The highest BCUT2D eigenvalue weighted by atomic mass is 15.2. The summed E-state index contributed by atoms with van der Waals surface area (Å²) in [4.78, 5) is 2.69. The summed E-state index contributed by atoms with van der Waals surface area (Å²) < 4.78 is 0. The van der Waals surface area contributed by atoms with E-state index in [2.05, 4.69) is 36.1 Å². The molecule has 21 heavy (non-hydrogen) atoms. The lowest BCUT2D eigenvalue weighted by molar-refractivity contribution is 0.244. The summed E-state index contributed by atoms with van der Waals surface area (Å²) in [7, 11) is 0. The van der Waals surface area contributed by atoms with Gasteiger partial charge in [-0.1, -0.05) is 31.9 Å². The number of piperidine rings is 1. The summed E-state index contributed by atoms with van der Waals surface area (Å²) >= 11 is 0. The van der Waals surface area contributed by atoms with Crippen molar-refractivity contribution in [3.8, 4) is 0 Å². The Bertz CT molecular complexity index is 437. The Morgan fingerprint density at radius 1 is 1.10 bits per heavy atom. The van der Waals surface area contributed by atoms with Crippen molar-refractivity contribution >= 4 is 5.69 Å². The topological polar surface area (TPSA) is 29.3 Å². The van der Waals surface area contributed by atoms with Gasteiger partial charge in [-0.2, -0.15) is 0 Å². The van der Waals surface area contributed by atoms with Crippen LogP contribution in [0.4, 0.5) is 5.69 Å². The molecule has 2 N–H and O–H groups in total. The smallest absolute Gasteiger partial charge is 0.0368 e. The normalized spacial score (nSPS) is 27.2. The van der Waals surface area contributed by atoms with Gasteiger partial charge in [0.1, 0.15) is 0 Å². The van der Waals surface area contributed by atoms with Crippen molar-refractivity contribution in [2.45, 2.75) is 70.4 Å². The lowest BCUT2D eigenvalue weighted by atomic mass is 9.78. The van der Waals surface area contributed by atoms with Gasteiger partial charge >= 0.3 is 0 Å². The fraction of sp³-hybridized carbons (Fsp3) is 0.684. The second-order valence-electron chi connectivity index (χ2n) is 6.99. The summed E-state index contributed by atoms with van der Waals surface area (Å²) in [5.74, 6) is 0.945. The fourth-order valence-electron chi connectivity index (χ4n) is 4.22. The summed E-state index contributed by atoms with van der Waals surface area (Å²) in [6.45, 7) is 3.41. The lowest BCUT2D eigenvalue weighted by Crippen LogP contribution is -2.46. The minimum atomic E-state index is 0.300. The number of nitrogens with two attached hydrogens (primary N) is 1. The molecule has 2 fully saturated rings. The van der Waals surface area contributed by atoms with Gasteiger partial charge in [-0.3, -0.25) is 0 Å². The maximum atomic E-state index is 6.06. The van der Waals surface area contributed by atoms with E-state index in [0.29, 0.717) is 6.04 Å². The molecule has 1 aromatic carbocycles. The van der Waals surface area contributed by atoms with Gasteiger partial charge in [-0.05, 0) is 62.1 Å². The number of hydrogen-bond acceptors (Lipinski definition) is 2. The van der Waals surface area contributed by atoms with E-state index >= 15 is 0 Å². The van der Waals surface area contributed by atoms with Crippen molar-refractivity contribution in [2.24, 2.45) is 11.7 Å². The van der Waals surface area contributed by atoms with Gasteiger partial charge in [-0.15, -0.1) is 0 Å². The first-order valence-electron chi connectivity index (χ1n) is 8.89. The largest absolute Gasteiger partial charge is 0.368 e. The average Bonchev–Trinajstić information content (AvgIpc) is 2.55. The summed E-state index contributed by atoms with van der Waals surface area (Å²) in [6.07, 6.45) is 10.6. The molecule has 1 aliphatic carbocycles. The molecule has 2 aliphatic rings. The molecular weight excluding hydrogens is 256 g/mol. The van der Waals surface area contributed by atoms with E-state index in [1.54, 1.807) is 0 Å². The number of benzene rings is 1. The van der Waals surface area contributed by atoms with Gasteiger partial charge in [0.25, 0.3) is 0 Å². The predicted octanol–water partition coefficient (Wildman–Crippen LogP) is 4.13. The quantitative estimate of drug-likeness (QED) is 0.902. The highest BCUT2D eigenvalue weighted by Gasteiger charge is 2.33. The van der Waals surface area contributed by atoms with Crippen LogP contribution >= 0.6 is 0 Å². The highest BCUT2D eigenvalue weighted by Crippen LogP contribution is 2.37. The van der Waals surface area contributed by atoms with E-state index in [1.165, 1.54) is 56.3 Å². The molecule has 2 nitrogen and oxygen atoms in total. The van der Waals surface area contributed by atoms with Crippen LogP contribution in [0.25, 0.3) is 0 Å². The van der Waals surface area contributed by atoms with Crippen LogP contribution in [0.5, 0.6) is 0 Å². The molecule has 3 atom stereocenters. The van der Waals surface area contributed by atoms with Gasteiger partial charge < -0.3 is 10.6 Å². The Balaban J connectivity index is 1.70. The van der Waals surface area contributed by atoms with Crippen molar-refractivity contribution in [2.75, 3.05) is 11.4 Å². The molecule has 1 saturated heterocycles. The molecule has 3 rings (SSSR count). The lowest BCUT2D eigenvalue weighted by Gasteiger charge is -2.45. The van der Waals surface area contributed by atoms with E-state index in [1.807, 2.05) is 0 Å². The average molecular weight is 286 g/mol. The van der Waals surface area contributed by atoms with Crippen molar-refractivity contribution in [1.82, 2.24) is 0 Å². The van der Waals surface area contributed by atoms with Crippen LogP contribution < -0.4 is 10.6 Å². The van der Waals surface area contributed by atoms with E-state index < -0.39 is 0 Å². The predicted molar refractivity (Wildman–Crippen MR) is 90.7 cm³/mol. The Hall–Kier alpha value is -1.02. The van der Waals surface area contributed by atoms with Crippen LogP contribution in [0, 0.1) is 5.92 Å². The number of fused-ring (bicyclic) bond motifs is 1. The Morgan fingerprint density at radius 2 is 1.81 bits per heavy atom. The van der Waals surface area contributed by atoms with E-state index in [-0.39, 0.29) is 0 Å². The first-order valence-corrected chi connectivity index (χ1v) is 8.89. The molecule has 1 aliphatic heterocycles. The van der Waals surface area contributed by atoms with Gasteiger partial charge in [0.05, 0.1) is 0 Å². The molecule has 0 spiro atoms. The molecule has 0 aromatic heterocycles. The Kier molecular flexibility index (Phi) is 4.84. The van der Waals surface area contributed by atoms with Crippen molar-refractivity contribution in [3.63, 3.8) is 0 Å². The third kappa shape index (κ3) is 3.42. The number of hydrogen-bond donors (Lipinski definition) is 1. The van der Waals surface area contributed by atoms with Crippen molar-refractivity contribution in [3.05, 3.63) is 29.8 Å². The zero-order valence-electron chi connectivity index (χ0n) is 13.4. The summed E-state index contributed by atoms with van der Waals surface area (Å²) in [6, 6.07) is 10.3. The van der Waals surface area contributed by atoms with Gasteiger partial charge in [0.15, 0.2) is 0 Å². The molecule has 1 saturated carbocycles. The SMILES string of the molecule is CCC(N)Cc1ccc(N2CCC[C@H]3CCCC[C@H]32)cc1. The first kappa shape index (κ1) is 14.9. The molecule has 0 bridgehead atoms. The minimum Gasteiger partial charge on any atom is -0.368 e. The molecule has 2 heteroatoms. The Morgan fingerprint density at radius 3 is 2.57 bits per heavy atom. The first-order chi connectivity index (χ1) is 10.3. The summed E-state index contributed by atoms with van der Waals surface area (Å²) in [5.41, 5.74) is 8.87. The second kappa shape index (κ2) is 6.83. The maximum absolute atomic E-state index is 6.06. The number of rotatable bonds is 4. The van der Waals surface area contributed by atoms with Crippen LogP contribution in [0.1, 0.15) is 57.4 Å². The van der Waals surface area contributed by atoms with E-state index in [4.69, 9.17) is 5.73 Å². The van der Waals surface area contributed by atoms with Crippen molar-refractivity contribution in [1.29, 1.82) is 0 Å². The van der Waals surface area contributed by atoms with E-state index in [9.17, 15) is 0 Å². The molecule has 0 amide bonds. The summed E-state index contributed by atoms with van der Waals surface area (Å²) in [5, 5.41) is 0. The zero-order valence-corrected chi connectivity index (χ0v) is 13.4. The van der Waals surface area contributed by atoms with Crippen LogP contribution in [0.2, 0.25) is 0 Å². The highest BCUT2D eigenvalue weighted by molar-refractivity contribution is 5.49. The molecular formula is C19H30N2. The molecule has 1 heterocycles. The zero-order chi connectivity index (χ0) is 14.7. The van der Waals surface area contributed by atoms with Crippen LogP contribution in [0.3, 0.4) is 0 Å². The van der Waals surface area contributed by atoms with Crippen molar-refractivity contribution < 1.29 is 0 Å². The van der Waals surface area contributed by atoms with E-state index in [0.717, 1.165) is 24.8 Å². The fourth-order valence-corrected chi connectivity index (χ4v) is 4.22. The maximum Gasteiger partial charge on any atom is 0.0368 e. The molecule has 0 radical (unpaired) electrons. The second-order valence-corrected chi connectivity index (χ2v) is 6.99. The number of nitrogens with zero attached hydrogens (tertiary/aromatic N) is 1. The van der Waals surface area contributed by atoms with Gasteiger partial charge in [-0.25, -0.2) is 0 Å². The number of anilines is 1. The molecule has 116 valence electrons. The van der Waals surface area contributed by atoms with Crippen LogP contribution in [0.15, 0.2) is 24.3 Å². The molecule has 1 aromatic rings. The molecule has 1 unspecified atom stereocenters. The minimum absolute atomic E-state index is 0.300. The standard InChI is InChI=1S/C19H30N2/c1-2-17(20)14-15-9-11-18(12-10-15)21-13-5-7-16-6-3-4-8-19(16)21/h9-12,16-17,19H,2-8,13-14,20H2,1H3/t16-,17?,19-/m1/s1. The van der Waals surface area contributed by atoms with Crippen LogP contribution in [-0.4, -0.2) is 18.6 Å². The Labute approximate surface area is 129 Å². The third-order valence-electron chi connectivity index (χ3n) is 5.53.